The van der Waals surface area contributed by atoms with Crippen LogP contribution in [-0.2, 0) is 29.0 Å². The maximum Gasteiger partial charge on any atom is 0.341 e. The molecule has 1 N–H and O–H groups in total. The molecule has 164 valence electrons. The quantitative estimate of drug-likeness (QED) is 0.390. The first-order chi connectivity index (χ1) is 15.5. The number of benzene rings is 2. The van der Waals surface area contributed by atoms with Gasteiger partial charge in [-0.05, 0) is 35.3 Å². The fourth-order valence-electron chi connectivity index (χ4n) is 3.77. The Balaban J connectivity index is 1.53. The lowest BCUT2D eigenvalue weighted by atomic mass is 10.0. The van der Waals surface area contributed by atoms with Gasteiger partial charge in [0.15, 0.2) is 0 Å². The van der Waals surface area contributed by atoms with E-state index < -0.39 is 5.97 Å². The van der Waals surface area contributed by atoms with Crippen molar-refractivity contribution >= 4 is 45.9 Å². The molecule has 0 fully saturated rings. The Morgan fingerprint density at radius 3 is 2.66 bits per heavy atom. The zero-order chi connectivity index (χ0) is 22.5. The Bertz CT molecular complexity index is 1160. The van der Waals surface area contributed by atoms with Crippen molar-refractivity contribution in [2.24, 2.45) is 0 Å². The number of hydrogen-bond acceptors (Lipinski definition) is 5. The number of halogens is 1. The zero-order valence-electron chi connectivity index (χ0n) is 17.6. The van der Waals surface area contributed by atoms with Gasteiger partial charge in [-0.15, -0.1) is 11.3 Å². The van der Waals surface area contributed by atoms with Crippen LogP contribution in [0.25, 0.3) is 6.08 Å². The minimum Gasteiger partial charge on any atom is -0.465 e. The van der Waals surface area contributed by atoms with Crippen molar-refractivity contribution in [3.63, 3.8) is 0 Å². The van der Waals surface area contributed by atoms with Gasteiger partial charge in [-0.25, -0.2) is 4.79 Å². The molecule has 2 heterocycles. The minimum absolute atomic E-state index is 0.324. The van der Waals surface area contributed by atoms with E-state index in [1.165, 1.54) is 30.1 Å². The molecule has 4 rings (SSSR count). The number of carbonyl (C=O) groups excluding carboxylic acids is 2. The van der Waals surface area contributed by atoms with Crippen molar-refractivity contribution in [2.75, 3.05) is 19.0 Å². The number of fused-ring (bicyclic) bond motifs is 1. The van der Waals surface area contributed by atoms with Crippen LogP contribution < -0.4 is 5.32 Å². The molecule has 0 saturated carbocycles. The molecule has 3 aromatic rings. The molecule has 1 aromatic heterocycles. The van der Waals surface area contributed by atoms with Gasteiger partial charge in [0, 0.05) is 35.6 Å². The van der Waals surface area contributed by atoms with Crippen LogP contribution in [0, 0.1) is 0 Å². The normalized spacial score (nSPS) is 13.7. The third kappa shape index (κ3) is 5.10. The molecule has 2 aromatic carbocycles. The Kier molecular flexibility index (Phi) is 7.05. The van der Waals surface area contributed by atoms with E-state index in [2.05, 4.69) is 22.3 Å². The molecule has 0 radical (unpaired) electrons. The fourth-order valence-corrected chi connectivity index (χ4v) is 5.25. The van der Waals surface area contributed by atoms with E-state index >= 15 is 0 Å². The number of carbonyl (C=O) groups is 2. The lowest BCUT2D eigenvalue weighted by Crippen LogP contribution is -2.29. The molecule has 32 heavy (non-hydrogen) atoms. The number of thiophene rings is 1. The van der Waals surface area contributed by atoms with E-state index in [-0.39, 0.29) is 5.91 Å². The van der Waals surface area contributed by atoms with Crippen LogP contribution in [0.1, 0.15) is 31.9 Å². The van der Waals surface area contributed by atoms with Crippen molar-refractivity contribution in [3.8, 4) is 0 Å². The minimum atomic E-state index is -0.426. The van der Waals surface area contributed by atoms with Crippen LogP contribution in [0.15, 0.2) is 60.7 Å². The monoisotopic (exact) mass is 466 g/mol. The first-order valence-electron chi connectivity index (χ1n) is 10.3. The molecule has 1 aliphatic heterocycles. The van der Waals surface area contributed by atoms with Gasteiger partial charge in [0.2, 0.25) is 5.91 Å². The first kappa shape index (κ1) is 22.3. The molecule has 0 unspecified atom stereocenters. The van der Waals surface area contributed by atoms with Crippen LogP contribution in [0.2, 0.25) is 5.02 Å². The topological polar surface area (TPSA) is 58.6 Å². The number of hydrogen-bond donors (Lipinski definition) is 1. The van der Waals surface area contributed by atoms with Gasteiger partial charge >= 0.3 is 5.97 Å². The van der Waals surface area contributed by atoms with Crippen molar-refractivity contribution in [3.05, 3.63) is 92.8 Å². The second kappa shape index (κ2) is 10.1. The lowest BCUT2D eigenvalue weighted by Gasteiger charge is -2.27. The Labute approximate surface area is 196 Å². The fraction of sp³-hybridized carbons (Fsp3) is 0.200. The predicted octanol–water partition coefficient (Wildman–Crippen LogP) is 5.40. The van der Waals surface area contributed by atoms with Crippen molar-refractivity contribution in [2.45, 2.75) is 19.5 Å². The molecule has 0 spiro atoms. The second-order valence-corrected chi connectivity index (χ2v) is 9.00. The molecular formula is C25H23ClN2O3S. The lowest BCUT2D eigenvalue weighted by molar-refractivity contribution is -0.111. The summed E-state index contributed by atoms with van der Waals surface area (Å²) in [5, 5.41) is 3.96. The average molecular weight is 467 g/mol. The van der Waals surface area contributed by atoms with E-state index in [1.807, 2.05) is 36.4 Å². The van der Waals surface area contributed by atoms with Crippen LogP contribution in [0.3, 0.4) is 0 Å². The van der Waals surface area contributed by atoms with Gasteiger partial charge in [0.05, 0.1) is 12.7 Å². The number of ether oxygens (including phenoxy) is 1. The van der Waals surface area contributed by atoms with E-state index in [0.717, 1.165) is 42.1 Å². The molecule has 0 aliphatic carbocycles. The highest BCUT2D eigenvalue weighted by Gasteiger charge is 2.29. The number of methoxy groups -OCH3 is 1. The van der Waals surface area contributed by atoms with Gasteiger partial charge in [0.25, 0.3) is 0 Å². The third-order valence-corrected chi connectivity index (χ3v) is 6.81. The maximum absolute atomic E-state index is 12.6. The highest BCUT2D eigenvalue weighted by Crippen LogP contribution is 2.38. The Morgan fingerprint density at radius 2 is 1.91 bits per heavy atom. The van der Waals surface area contributed by atoms with Crippen molar-refractivity contribution in [1.82, 2.24) is 4.90 Å². The van der Waals surface area contributed by atoms with Crippen LogP contribution in [0.5, 0.6) is 0 Å². The van der Waals surface area contributed by atoms with E-state index in [4.69, 9.17) is 16.3 Å². The number of esters is 1. The molecule has 0 saturated heterocycles. The van der Waals surface area contributed by atoms with Crippen LogP contribution in [-0.4, -0.2) is 30.4 Å². The molecule has 5 nitrogen and oxygen atoms in total. The van der Waals surface area contributed by atoms with Gasteiger partial charge < -0.3 is 10.1 Å². The number of rotatable bonds is 6. The summed E-state index contributed by atoms with van der Waals surface area (Å²) in [5.74, 6) is -0.751. The summed E-state index contributed by atoms with van der Waals surface area (Å²) >= 11 is 7.59. The predicted molar refractivity (Wildman–Crippen MR) is 129 cm³/mol. The van der Waals surface area contributed by atoms with Crippen molar-refractivity contribution in [1.29, 1.82) is 0 Å². The number of amides is 1. The summed E-state index contributed by atoms with van der Waals surface area (Å²) < 4.78 is 5.02. The molecule has 7 heteroatoms. The van der Waals surface area contributed by atoms with Crippen LogP contribution in [0.4, 0.5) is 5.00 Å². The first-order valence-corrected chi connectivity index (χ1v) is 11.5. The van der Waals surface area contributed by atoms with E-state index in [9.17, 15) is 9.59 Å². The van der Waals surface area contributed by atoms with Gasteiger partial charge in [0.1, 0.15) is 5.00 Å². The smallest absolute Gasteiger partial charge is 0.341 e. The van der Waals surface area contributed by atoms with Gasteiger partial charge in [-0.3, -0.25) is 9.69 Å². The second-order valence-electron chi connectivity index (χ2n) is 7.49. The van der Waals surface area contributed by atoms with Gasteiger partial charge in [-0.1, -0.05) is 60.1 Å². The molecule has 1 aliphatic rings. The molecule has 1 amide bonds. The number of nitrogens with zero attached hydrogens (tertiary/aromatic N) is 1. The third-order valence-electron chi connectivity index (χ3n) is 5.33. The Hall–Kier alpha value is -2.93. The van der Waals surface area contributed by atoms with E-state index in [1.54, 1.807) is 12.1 Å². The molecule has 0 bridgehead atoms. The zero-order valence-corrected chi connectivity index (χ0v) is 19.2. The summed E-state index contributed by atoms with van der Waals surface area (Å²) in [5.41, 5.74) is 3.43. The van der Waals surface area contributed by atoms with E-state index in [0.29, 0.717) is 15.6 Å². The maximum atomic E-state index is 12.6. The summed E-state index contributed by atoms with van der Waals surface area (Å²) in [6.07, 6.45) is 3.81. The molecule has 0 atom stereocenters. The van der Waals surface area contributed by atoms with Crippen molar-refractivity contribution < 1.29 is 14.3 Å². The average Bonchev–Trinajstić information content (AvgIpc) is 3.15. The Morgan fingerprint density at radius 1 is 1.16 bits per heavy atom. The highest BCUT2D eigenvalue weighted by atomic mass is 35.5. The summed E-state index contributed by atoms with van der Waals surface area (Å²) in [6, 6.07) is 17.6. The summed E-state index contributed by atoms with van der Waals surface area (Å²) in [6.45, 7) is 2.40. The largest absolute Gasteiger partial charge is 0.465 e. The summed E-state index contributed by atoms with van der Waals surface area (Å²) in [4.78, 5) is 28.5. The number of anilines is 1. The highest BCUT2D eigenvalue weighted by molar-refractivity contribution is 7.17. The standard InChI is InChI=1S/C25H23ClN2O3S/c1-31-25(30)23-19-13-14-28(15-17-7-3-2-4-8-17)16-21(19)32-24(23)27-22(29)12-11-18-9-5-6-10-20(18)26/h2-12H,13-16H2,1H3,(H,27,29). The summed E-state index contributed by atoms with van der Waals surface area (Å²) in [7, 11) is 1.36. The molecular weight excluding hydrogens is 444 g/mol. The SMILES string of the molecule is COC(=O)c1c(NC(=O)C=Cc2ccccc2Cl)sc2c1CCN(Cc1ccccc1)C2. The number of nitrogens with one attached hydrogen (secondary N) is 1. The van der Waals surface area contributed by atoms with Crippen LogP contribution >= 0.6 is 22.9 Å². The van der Waals surface area contributed by atoms with Gasteiger partial charge in [-0.2, -0.15) is 0 Å².